The van der Waals surface area contributed by atoms with Gasteiger partial charge in [0.1, 0.15) is 24.7 Å². The molecule has 0 saturated carbocycles. The van der Waals surface area contributed by atoms with Crippen LogP contribution in [0.5, 0.6) is 0 Å². The number of benzene rings is 4. The lowest BCUT2D eigenvalue weighted by Crippen LogP contribution is -2.55. The Hall–Kier alpha value is -5.02. The van der Waals surface area contributed by atoms with Crippen molar-refractivity contribution in [2.75, 3.05) is 0 Å². The molecule has 9 heteroatoms. The van der Waals surface area contributed by atoms with E-state index in [9.17, 15) is 19.2 Å². The lowest BCUT2D eigenvalue weighted by Gasteiger charge is -2.23. The molecule has 0 radical (unpaired) electrons. The van der Waals surface area contributed by atoms with Crippen LogP contribution in [0.25, 0.3) is 10.8 Å². The molecule has 4 rings (SSSR count). The Morgan fingerprint density at radius 1 is 0.707 bits per heavy atom. The van der Waals surface area contributed by atoms with Crippen LogP contribution in [-0.2, 0) is 36.9 Å². The molecular formula is C32H32N4O5. The predicted octanol–water partition coefficient (Wildman–Crippen LogP) is 2.67. The van der Waals surface area contributed by atoms with Gasteiger partial charge in [0.2, 0.25) is 17.7 Å². The van der Waals surface area contributed by atoms with Crippen LogP contribution in [0.15, 0.2) is 103 Å². The number of fused-ring (bicyclic) bond motifs is 1. The van der Waals surface area contributed by atoms with Gasteiger partial charge in [-0.3, -0.25) is 19.2 Å². The number of hydrogen-bond donors (Lipinski definition) is 4. The Morgan fingerprint density at radius 3 is 2.02 bits per heavy atom. The molecule has 0 fully saturated rings. The van der Waals surface area contributed by atoms with Crippen molar-refractivity contribution in [3.63, 3.8) is 0 Å². The van der Waals surface area contributed by atoms with Crippen LogP contribution in [0.2, 0.25) is 0 Å². The highest BCUT2D eigenvalue weighted by atomic mass is 16.5. The lowest BCUT2D eigenvalue weighted by atomic mass is 9.98. The number of nitrogens with one attached hydrogen (secondary N) is 2. The minimum Gasteiger partial charge on any atom is -0.461 e. The second-order valence-corrected chi connectivity index (χ2v) is 9.61. The maximum Gasteiger partial charge on any atom is 0.308 e. The van der Waals surface area contributed by atoms with E-state index in [4.69, 9.17) is 16.2 Å². The molecule has 210 valence electrons. The molecule has 0 aliphatic rings. The summed E-state index contributed by atoms with van der Waals surface area (Å²) in [4.78, 5) is 51.6. The van der Waals surface area contributed by atoms with Gasteiger partial charge in [-0.05, 0) is 27.5 Å². The van der Waals surface area contributed by atoms with Crippen molar-refractivity contribution in [1.29, 1.82) is 0 Å². The zero-order valence-corrected chi connectivity index (χ0v) is 22.4. The fourth-order valence-electron chi connectivity index (χ4n) is 4.43. The van der Waals surface area contributed by atoms with E-state index in [0.717, 1.165) is 21.9 Å². The third-order valence-corrected chi connectivity index (χ3v) is 6.65. The van der Waals surface area contributed by atoms with Crippen molar-refractivity contribution < 1.29 is 23.9 Å². The number of ether oxygens (including phenoxy) is 1. The van der Waals surface area contributed by atoms with Crippen LogP contribution in [0, 0.1) is 0 Å². The quantitative estimate of drug-likeness (QED) is 0.198. The van der Waals surface area contributed by atoms with Gasteiger partial charge < -0.3 is 26.8 Å². The fraction of sp³-hybridized carbons (Fsp3) is 0.188. The van der Waals surface area contributed by atoms with E-state index in [1.807, 2.05) is 60.7 Å². The van der Waals surface area contributed by atoms with E-state index in [1.54, 1.807) is 42.5 Å². The molecule has 0 aliphatic heterocycles. The molecule has 3 atom stereocenters. The van der Waals surface area contributed by atoms with Gasteiger partial charge in [0, 0.05) is 6.42 Å². The summed E-state index contributed by atoms with van der Waals surface area (Å²) < 4.78 is 5.34. The number of carbonyl (C=O) groups excluding carboxylic acids is 4. The highest BCUT2D eigenvalue weighted by Gasteiger charge is 2.30. The molecule has 4 aromatic rings. The highest BCUT2D eigenvalue weighted by Crippen LogP contribution is 2.20. The summed E-state index contributed by atoms with van der Waals surface area (Å²) in [6.07, 6.45) is -0.364. The standard InChI is InChI=1S/C32H32N4O5/c33-29(23-13-5-2-6-14-23)32(40)36-27(19-28(37)41-20-21-10-3-1-4-11-21)31(39)35-26(30(34)38)18-24-16-9-15-22-12-7-8-17-25(22)24/h1-17,26-27,29H,18-20,33H2,(H2,34,38)(H,35,39)(H,36,40)/t26-,27-,29-/m0/s1. The number of hydrogen-bond acceptors (Lipinski definition) is 6. The molecule has 9 nitrogen and oxygen atoms in total. The molecule has 0 unspecified atom stereocenters. The Morgan fingerprint density at radius 2 is 1.32 bits per heavy atom. The topological polar surface area (TPSA) is 154 Å². The summed E-state index contributed by atoms with van der Waals surface area (Å²) in [7, 11) is 0. The number of primary amides is 1. The molecule has 0 heterocycles. The maximum atomic E-state index is 13.4. The average molecular weight is 553 g/mol. The number of carbonyl (C=O) groups is 4. The van der Waals surface area contributed by atoms with Gasteiger partial charge in [-0.25, -0.2) is 0 Å². The molecule has 3 amide bonds. The zero-order chi connectivity index (χ0) is 29.2. The van der Waals surface area contributed by atoms with Gasteiger partial charge in [-0.15, -0.1) is 0 Å². The number of amides is 3. The first kappa shape index (κ1) is 29.0. The van der Waals surface area contributed by atoms with Gasteiger partial charge in [0.15, 0.2) is 0 Å². The summed E-state index contributed by atoms with van der Waals surface area (Å²) in [5.41, 5.74) is 13.9. The fourth-order valence-corrected chi connectivity index (χ4v) is 4.43. The van der Waals surface area contributed by atoms with E-state index < -0.39 is 48.2 Å². The molecule has 41 heavy (non-hydrogen) atoms. The average Bonchev–Trinajstić information content (AvgIpc) is 3.00. The number of esters is 1. The SMILES string of the molecule is NC(=O)[C@H](Cc1cccc2ccccc12)NC(=O)[C@H](CC(=O)OCc1ccccc1)NC(=O)[C@@H](N)c1ccccc1. The molecule has 0 aromatic heterocycles. The number of nitrogens with two attached hydrogens (primary N) is 2. The van der Waals surface area contributed by atoms with Crippen LogP contribution in [0.4, 0.5) is 0 Å². The monoisotopic (exact) mass is 552 g/mol. The van der Waals surface area contributed by atoms with E-state index in [1.165, 1.54) is 0 Å². The van der Waals surface area contributed by atoms with E-state index in [-0.39, 0.29) is 13.0 Å². The minimum atomic E-state index is -1.37. The normalized spacial score (nSPS) is 13.0. The summed E-state index contributed by atoms with van der Waals surface area (Å²) in [5.74, 6) is -2.91. The number of rotatable bonds is 12. The van der Waals surface area contributed by atoms with Crippen LogP contribution in [-0.4, -0.2) is 35.8 Å². The molecule has 4 aromatic carbocycles. The van der Waals surface area contributed by atoms with Crippen molar-refractivity contribution in [1.82, 2.24) is 10.6 Å². The van der Waals surface area contributed by atoms with Crippen molar-refractivity contribution in [2.45, 2.75) is 37.6 Å². The molecule has 0 aliphatic carbocycles. The van der Waals surface area contributed by atoms with E-state index in [2.05, 4.69) is 10.6 Å². The predicted molar refractivity (Wildman–Crippen MR) is 155 cm³/mol. The Balaban J connectivity index is 1.50. The lowest BCUT2D eigenvalue weighted by molar-refractivity contribution is -0.147. The van der Waals surface area contributed by atoms with Gasteiger partial charge in [0.25, 0.3) is 0 Å². The van der Waals surface area contributed by atoms with Gasteiger partial charge >= 0.3 is 5.97 Å². The van der Waals surface area contributed by atoms with E-state index >= 15 is 0 Å². The van der Waals surface area contributed by atoms with Crippen LogP contribution in [0.1, 0.15) is 29.2 Å². The zero-order valence-electron chi connectivity index (χ0n) is 22.4. The second-order valence-electron chi connectivity index (χ2n) is 9.61. The first-order valence-electron chi connectivity index (χ1n) is 13.2. The van der Waals surface area contributed by atoms with Crippen LogP contribution < -0.4 is 22.1 Å². The molecule has 0 bridgehead atoms. The molecule has 6 N–H and O–H groups in total. The smallest absolute Gasteiger partial charge is 0.308 e. The van der Waals surface area contributed by atoms with Crippen molar-refractivity contribution >= 4 is 34.5 Å². The highest BCUT2D eigenvalue weighted by molar-refractivity contribution is 5.95. The summed E-state index contributed by atoms with van der Waals surface area (Å²) in [6, 6.07) is 27.4. The second kappa shape index (κ2) is 13.9. The molecule has 0 saturated heterocycles. The summed E-state index contributed by atoms with van der Waals surface area (Å²) in [6.45, 7) is -0.00349. The largest absolute Gasteiger partial charge is 0.461 e. The minimum absolute atomic E-state index is 0.00349. The Kier molecular flexibility index (Phi) is 9.80. The van der Waals surface area contributed by atoms with Gasteiger partial charge in [-0.2, -0.15) is 0 Å². The third-order valence-electron chi connectivity index (χ3n) is 6.65. The van der Waals surface area contributed by atoms with E-state index in [0.29, 0.717) is 5.56 Å². The first-order valence-corrected chi connectivity index (χ1v) is 13.2. The maximum absolute atomic E-state index is 13.4. The first-order chi connectivity index (χ1) is 19.8. The van der Waals surface area contributed by atoms with Crippen molar-refractivity contribution in [2.24, 2.45) is 11.5 Å². The molecular weight excluding hydrogens is 520 g/mol. The third kappa shape index (κ3) is 8.00. The van der Waals surface area contributed by atoms with Crippen molar-refractivity contribution in [3.8, 4) is 0 Å². The van der Waals surface area contributed by atoms with Crippen molar-refractivity contribution in [3.05, 3.63) is 120 Å². The summed E-state index contributed by atoms with van der Waals surface area (Å²) in [5, 5.41) is 7.06. The van der Waals surface area contributed by atoms with Gasteiger partial charge in [-0.1, -0.05) is 103 Å². The molecule has 0 spiro atoms. The Labute approximate surface area is 237 Å². The van der Waals surface area contributed by atoms with Crippen LogP contribution in [0.3, 0.4) is 0 Å². The Bertz CT molecular complexity index is 1510. The van der Waals surface area contributed by atoms with Gasteiger partial charge in [0.05, 0.1) is 6.42 Å². The van der Waals surface area contributed by atoms with Crippen LogP contribution >= 0.6 is 0 Å². The summed E-state index contributed by atoms with van der Waals surface area (Å²) >= 11 is 0.